The molecule has 33 heavy (non-hydrogen) atoms. The molecule has 1 N–H and O–H groups in total. The van der Waals surface area contributed by atoms with E-state index in [-0.39, 0.29) is 17.5 Å². The van der Waals surface area contributed by atoms with Crippen LogP contribution in [0.15, 0.2) is 59.4 Å². The number of amides is 1. The second-order valence-corrected chi connectivity index (χ2v) is 10.4. The zero-order valence-electron chi connectivity index (χ0n) is 18.4. The van der Waals surface area contributed by atoms with Gasteiger partial charge in [0.25, 0.3) is 11.5 Å². The number of fused-ring (bicyclic) bond motifs is 3. The van der Waals surface area contributed by atoms with Gasteiger partial charge < -0.3 is 4.90 Å². The van der Waals surface area contributed by atoms with Gasteiger partial charge in [-0.1, -0.05) is 36.4 Å². The summed E-state index contributed by atoms with van der Waals surface area (Å²) in [6, 6.07) is 18.3. The number of carbonyl (C=O) groups is 1. The molecule has 2 aliphatic heterocycles. The van der Waals surface area contributed by atoms with E-state index in [1.54, 1.807) is 6.07 Å². The number of benzene rings is 2. The lowest BCUT2D eigenvalue weighted by Crippen LogP contribution is -2.55. The molecule has 0 saturated carbocycles. The van der Waals surface area contributed by atoms with Gasteiger partial charge in [0.2, 0.25) is 0 Å². The molecule has 1 amide bonds. The van der Waals surface area contributed by atoms with Gasteiger partial charge in [-0.2, -0.15) is 5.10 Å². The Morgan fingerprint density at radius 3 is 2.76 bits per heavy atom. The van der Waals surface area contributed by atoms with Gasteiger partial charge in [-0.3, -0.25) is 14.5 Å². The number of rotatable bonds is 3. The van der Waals surface area contributed by atoms with E-state index in [0.29, 0.717) is 22.4 Å². The smallest absolute Gasteiger partial charge is 0.275 e. The van der Waals surface area contributed by atoms with Crippen LogP contribution in [0.3, 0.4) is 0 Å². The second kappa shape index (κ2) is 8.39. The number of carbonyl (C=O) groups excluding carboxylic acids is 1. The third kappa shape index (κ3) is 3.75. The maximum atomic E-state index is 13.6. The van der Waals surface area contributed by atoms with Crippen LogP contribution in [0, 0.1) is 5.92 Å². The summed E-state index contributed by atoms with van der Waals surface area (Å²) in [5, 5.41) is 9.17. The van der Waals surface area contributed by atoms with E-state index >= 15 is 0 Å². The third-order valence-corrected chi connectivity index (χ3v) is 8.27. The van der Waals surface area contributed by atoms with E-state index in [4.69, 9.17) is 0 Å². The summed E-state index contributed by atoms with van der Waals surface area (Å²) in [7, 11) is 0. The number of aromatic amines is 1. The molecule has 2 fully saturated rings. The Morgan fingerprint density at radius 1 is 1.06 bits per heavy atom. The normalized spacial score (nSPS) is 21.4. The van der Waals surface area contributed by atoms with Gasteiger partial charge in [0.15, 0.2) is 5.69 Å². The summed E-state index contributed by atoms with van der Waals surface area (Å²) in [6.45, 7) is 3.73. The minimum absolute atomic E-state index is 0.0601. The second-order valence-electron chi connectivity index (χ2n) is 9.19. The number of hydrogen-bond donors (Lipinski definition) is 1. The van der Waals surface area contributed by atoms with Crippen molar-refractivity contribution < 1.29 is 4.79 Å². The molecular weight excluding hydrogens is 432 g/mol. The maximum absolute atomic E-state index is 13.6. The fourth-order valence-electron chi connectivity index (χ4n) is 5.62. The topological polar surface area (TPSA) is 69.3 Å². The number of nitrogens with one attached hydrogen (secondary N) is 1. The van der Waals surface area contributed by atoms with E-state index in [1.165, 1.54) is 15.0 Å². The fourth-order valence-corrected chi connectivity index (χ4v) is 6.73. The summed E-state index contributed by atoms with van der Waals surface area (Å²) < 4.78 is 1.34. The SMILES string of the molecule is O=C(c1n[nH]c(=O)c2ccccc12)N1CCC[C@@H]2CN(Cc3cc4ccccc4s3)CC[C@@H]21. The van der Waals surface area contributed by atoms with E-state index in [2.05, 4.69) is 45.4 Å². The number of H-pyrrole nitrogens is 1. The number of nitrogens with zero attached hydrogens (tertiary/aromatic N) is 3. The summed E-state index contributed by atoms with van der Waals surface area (Å²) in [5.74, 6) is 0.412. The van der Waals surface area contributed by atoms with Gasteiger partial charge in [-0.05, 0) is 48.8 Å². The average Bonchev–Trinajstić information content (AvgIpc) is 3.26. The molecule has 6 nitrogen and oxygen atoms in total. The van der Waals surface area contributed by atoms with Crippen molar-refractivity contribution in [2.45, 2.75) is 31.8 Å². The molecule has 2 aromatic heterocycles. The summed E-state index contributed by atoms with van der Waals surface area (Å²) in [5.41, 5.74) is 0.103. The van der Waals surface area contributed by atoms with Crippen molar-refractivity contribution in [3.05, 3.63) is 75.5 Å². The Bertz CT molecular complexity index is 1360. The number of aromatic nitrogens is 2. The molecule has 2 atom stereocenters. The molecule has 2 aliphatic rings. The highest BCUT2D eigenvalue weighted by Gasteiger charge is 2.39. The van der Waals surface area contributed by atoms with Gasteiger partial charge in [-0.15, -0.1) is 11.3 Å². The Labute approximate surface area is 195 Å². The molecule has 2 aromatic carbocycles. The zero-order chi connectivity index (χ0) is 22.4. The quantitative estimate of drug-likeness (QED) is 0.498. The van der Waals surface area contributed by atoms with Crippen molar-refractivity contribution in [1.82, 2.24) is 20.0 Å². The van der Waals surface area contributed by atoms with Crippen molar-refractivity contribution in [2.24, 2.45) is 5.92 Å². The number of thiophene rings is 1. The van der Waals surface area contributed by atoms with Crippen LogP contribution in [0.5, 0.6) is 0 Å². The average molecular weight is 459 g/mol. The largest absolute Gasteiger partial charge is 0.334 e. The lowest BCUT2D eigenvalue weighted by molar-refractivity contribution is 0.0183. The van der Waals surface area contributed by atoms with Gasteiger partial charge in [-0.25, -0.2) is 5.10 Å². The Kier molecular flexibility index (Phi) is 5.23. The third-order valence-electron chi connectivity index (χ3n) is 7.17. The molecular formula is C26H26N4O2S. The van der Waals surface area contributed by atoms with E-state index < -0.39 is 0 Å². The number of hydrogen-bond acceptors (Lipinski definition) is 5. The summed E-state index contributed by atoms with van der Waals surface area (Å²) >= 11 is 1.88. The van der Waals surface area contributed by atoms with Crippen LogP contribution in [0.4, 0.5) is 0 Å². The summed E-state index contributed by atoms with van der Waals surface area (Å²) in [4.78, 5) is 31.7. The Hall–Kier alpha value is -3.03. The highest BCUT2D eigenvalue weighted by atomic mass is 32.1. The molecule has 4 heterocycles. The van der Waals surface area contributed by atoms with E-state index in [0.717, 1.165) is 45.4 Å². The maximum Gasteiger partial charge on any atom is 0.275 e. The summed E-state index contributed by atoms with van der Waals surface area (Å²) in [6.07, 6.45) is 3.13. The molecule has 0 radical (unpaired) electrons. The van der Waals surface area contributed by atoms with Crippen molar-refractivity contribution in [2.75, 3.05) is 19.6 Å². The van der Waals surface area contributed by atoms with Crippen molar-refractivity contribution in [1.29, 1.82) is 0 Å². The molecule has 7 heteroatoms. The number of piperidine rings is 2. The van der Waals surface area contributed by atoms with Crippen LogP contribution in [0.1, 0.15) is 34.6 Å². The van der Waals surface area contributed by atoms with Crippen molar-refractivity contribution >= 4 is 38.1 Å². The molecule has 2 saturated heterocycles. The minimum atomic E-state index is -0.256. The van der Waals surface area contributed by atoms with E-state index in [1.807, 2.05) is 34.4 Å². The van der Waals surface area contributed by atoms with Crippen LogP contribution < -0.4 is 5.56 Å². The van der Waals surface area contributed by atoms with Gasteiger partial charge >= 0.3 is 0 Å². The van der Waals surface area contributed by atoms with E-state index in [9.17, 15) is 9.59 Å². The van der Waals surface area contributed by atoms with Gasteiger partial charge in [0.05, 0.1) is 5.39 Å². The first-order valence-electron chi connectivity index (χ1n) is 11.7. The number of likely N-dealkylation sites (tertiary alicyclic amines) is 2. The van der Waals surface area contributed by atoms with Crippen LogP contribution in [0.2, 0.25) is 0 Å². The van der Waals surface area contributed by atoms with Crippen LogP contribution in [-0.2, 0) is 6.54 Å². The standard InChI is InChI=1S/C26H26N4O2S/c31-25-21-9-3-2-8-20(21)24(27-28-25)26(32)30-12-5-7-18-15-29(13-11-22(18)30)16-19-14-17-6-1-4-10-23(17)33-19/h1-4,6,8-10,14,18,22H,5,7,11-13,15-16H2,(H,28,31)/t18-,22+/m1/s1. The zero-order valence-corrected chi connectivity index (χ0v) is 19.2. The lowest BCUT2D eigenvalue weighted by atomic mass is 9.83. The Balaban J connectivity index is 1.21. The first-order chi connectivity index (χ1) is 16.2. The highest BCUT2D eigenvalue weighted by Crippen LogP contribution is 2.34. The molecule has 4 aromatic rings. The highest BCUT2D eigenvalue weighted by molar-refractivity contribution is 7.19. The predicted molar refractivity (Wildman–Crippen MR) is 132 cm³/mol. The fraction of sp³-hybridized carbons (Fsp3) is 0.346. The van der Waals surface area contributed by atoms with Crippen LogP contribution >= 0.6 is 11.3 Å². The molecule has 0 aliphatic carbocycles. The Morgan fingerprint density at radius 2 is 1.88 bits per heavy atom. The monoisotopic (exact) mass is 458 g/mol. The van der Waals surface area contributed by atoms with Crippen molar-refractivity contribution in [3.63, 3.8) is 0 Å². The molecule has 0 unspecified atom stereocenters. The van der Waals surface area contributed by atoms with Crippen LogP contribution in [-0.4, -0.2) is 51.6 Å². The molecule has 168 valence electrons. The van der Waals surface area contributed by atoms with Gasteiger partial charge in [0, 0.05) is 47.2 Å². The first kappa shape index (κ1) is 20.6. The molecule has 6 rings (SSSR count). The molecule has 0 bridgehead atoms. The lowest BCUT2D eigenvalue weighted by Gasteiger charge is -2.47. The predicted octanol–water partition coefficient (Wildman–Crippen LogP) is 4.26. The van der Waals surface area contributed by atoms with Gasteiger partial charge in [0.1, 0.15) is 0 Å². The molecule has 0 spiro atoms. The first-order valence-corrected chi connectivity index (χ1v) is 12.5. The van der Waals surface area contributed by atoms with Crippen molar-refractivity contribution in [3.8, 4) is 0 Å². The van der Waals surface area contributed by atoms with Crippen LogP contribution in [0.25, 0.3) is 20.9 Å². The minimum Gasteiger partial charge on any atom is -0.334 e.